The first-order valence-electron chi connectivity index (χ1n) is 12.9. The molecule has 0 radical (unpaired) electrons. The number of rotatable bonds is 14. The number of ether oxygens (including phenoxy) is 3. The second kappa shape index (κ2) is 13.3. The predicted octanol–water partition coefficient (Wildman–Crippen LogP) is 5.93. The van der Waals surface area contributed by atoms with Crippen LogP contribution >= 0.6 is 0 Å². The highest BCUT2D eigenvalue weighted by Gasteiger charge is 2.41. The van der Waals surface area contributed by atoms with Crippen molar-refractivity contribution in [2.75, 3.05) is 6.61 Å². The summed E-state index contributed by atoms with van der Waals surface area (Å²) in [5.41, 5.74) is 0. The van der Waals surface area contributed by atoms with Crippen LogP contribution in [0.1, 0.15) is 116 Å². The number of hydrogen-bond acceptors (Lipinski definition) is 4. The minimum absolute atomic E-state index is 0.0175. The molecular formula is C25H46O4. The highest BCUT2D eigenvalue weighted by molar-refractivity contribution is 4.90. The van der Waals surface area contributed by atoms with E-state index in [9.17, 15) is 5.11 Å². The van der Waals surface area contributed by atoms with Crippen molar-refractivity contribution in [2.24, 2.45) is 0 Å². The van der Waals surface area contributed by atoms with Gasteiger partial charge in [-0.25, -0.2) is 0 Å². The molecule has 170 valence electrons. The predicted molar refractivity (Wildman–Crippen MR) is 117 cm³/mol. The van der Waals surface area contributed by atoms with Gasteiger partial charge in [0.2, 0.25) is 0 Å². The normalized spacial score (nSPS) is 33.5. The number of hydrogen-bond donors (Lipinski definition) is 1. The third-order valence-corrected chi connectivity index (χ3v) is 7.25. The van der Waals surface area contributed by atoms with Gasteiger partial charge in [-0.3, -0.25) is 0 Å². The summed E-state index contributed by atoms with van der Waals surface area (Å²) in [4.78, 5) is 0. The fraction of sp³-hybridized carbons (Fsp3) is 1.00. The Morgan fingerprint density at radius 3 is 1.93 bits per heavy atom. The van der Waals surface area contributed by atoms with Crippen LogP contribution in [0.15, 0.2) is 0 Å². The summed E-state index contributed by atoms with van der Waals surface area (Å²) < 4.78 is 18.3. The molecule has 0 saturated carbocycles. The van der Waals surface area contributed by atoms with E-state index < -0.39 is 0 Å². The summed E-state index contributed by atoms with van der Waals surface area (Å²) in [7, 11) is 0. The molecule has 0 aliphatic carbocycles. The van der Waals surface area contributed by atoms with E-state index in [1.807, 2.05) is 0 Å². The standard InChI is InChI=1S/C25H46O4/c1-2-3-4-5-6-7-8-9-10-11-13-20(26)21-15-16-24(28-21)25-18-17-23(29-25)22-14-12-19-27-22/h20-26H,2-19H2,1H3/t20-,21-,22-,23-,24-,25-/m1/s1. The Morgan fingerprint density at radius 2 is 1.28 bits per heavy atom. The second-order valence-electron chi connectivity index (χ2n) is 9.67. The molecule has 0 amide bonds. The van der Waals surface area contributed by atoms with Crippen molar-refractivity contribution in [3.05, 3.63) is 0 Å². The van der Waals surface area contributed by atoms with Crippen molar-refractivity contribution >= 4 is 0 Å². The van der Waals surface area contributed by atoms with Gasteiger partial charge in [0.1, 0.15) is 0 Å². The van der Waals surface area contributed by atoms with Gasteiger partial charge < -0.3 is 19.3 Å². The van der Waals surface area contributed by atoms with Crippen LogP contribution in [0, 0.1) is 0 Å². The number of aliphatic hydroxyl groups excluding tert-OH is 1. The van der Waals surface area contributed by atoms with E-state index in [0.717, 1.165) is 51.6 Å². The maximum absolute atomic E-state index is 10.6. The van der Waals surface area contributed by atoms with E-state index in [-0.39, 0.29) is 30.5 Å². The lowest BCUT2D eigenvalue weighted by atomic mass is 10.0. The molecule has 0 aromatic heterocycles. The molecule has 0 spiro atoms. The molecule has 3 heterocycles. The summed E-state index contributed by atoms with van der Waals surface area (Å²) >= 11 is 0. The largest absolute Gasteiger partial charge is 0.390 e. The third-order valence-electron chi connectivity index (χ3n) is 7.25. The average molecular weight is 411 g/mol. The number of aliphatic hydroxyl groups is 1. The first kappa shape index (κ1) is 23.5. The van der Waals surface area contributed by atoms with Crippen molar-refractivity contribution < 1.29 is 19.3 Å². The van der Waals surface area contributed by atoms with Gasteiger partial charge in [-0.1, -0.05) is 71.1 Å². The summed E-state index contributed by atoms with van der Waals surface area (Å²) in [5.74, 6) is 0. The van der Waals surface area contributed by atoms with E-state index in [2.05, 4.69) is 6.92 Å². The van der Waals surface area contributed by atoms with Crippen molar-refractivity contribution in [1.82, 2.24) is 0 Å². The molecule has 0 bridgehead atoms. The van der Waals surface area contributed by atoms with Gasteiger partial charge in [0, 0.05) is 6.61 Å². The maximum Gasteiger partial charge on any atom is 0.0842 e. The van der Waals surface area contributed by atoms with Gasteiger partial charge in [-0.15, -0.1) is 0 Å². The van der Waals surface area contributed by atoms with Crippen LogP contribution in [-0.2, 0) is 14.2 Å². The summed E-state index contributed by atoms with van der Waals surface area (Å²) in [6, 6.07) is 0. The smallest absolute Gasteiger partial charge is 0.0842 e. The second-order valence-corrected chi connectivity index (χ2v) is 9.67. The van der Waals surface area contributed by atoms with Gasteiger partial charge in [-0.05, 0) is 44.9 Å². The van der Waals surface area contributed by atoms with Gasteiger partial charge in [-0.2, -0.15) is 0 Å². The molecule has 0 unspecified atom stereocenters. The van der Waals surface area contributed by atoms with Gasteiger partial charge in [0.05, 0.1) is 36.6 Å². The van der Waals surface area contributed by atoms with E-state index in [0.29, 0.717) is 6.10 Å². The van der Waals surface area contributed by atoms with Crippen LogP contribution in [0.2, 0.25) is 0 Å². The summed E-state index contributed by atoms with van der Waals surface area (Å²) in [6.07, 6.45) is 21.4. The van der Waals surface area contributed by atoms with E-state index in [1.54, 1.807) is 0 Å². The van der Waals surface area contributed by atoms with E-state index in [1.165, 1.54) is 64.2 Å². The molecule has 3 rings (SSSR count). The van der Waals surface area contributed by atoms with E-state index >= 15 is 0 Å². The van der Waals surface area contributed by atoms with Crippen molar-refractivity contribution in [3.8, 4) is 0 Å². The Kier molecular flexibility index (Phi) is 10.8. The molecule has 0 aromatic carbocycles. The zero-order valence-electron chi connectivity index (χ0n) is 18.9. The molecular weight excluding hydrogens is 364 g/mol. The van der Waals surface area contributed by atoms with Gasteiger partial charge in [0.15, 0.2) is 0 Å². The minimum Gasteiger partial charge on any atom is -0.390 e. The van der Waals surface area contributed by atoms with E-state index in [4.69, 9.17) is 14.2 Å². The van der Waals surface area contributed by atoms with Crippen LogP contribution < -0.4 is 0 Å². The highest BCUT2D eigenvalue weighted by Crippen LogP contribution is 2.35. The Hall–Kier alpha value is -0.160. The Balaban J connectivity index is 1.20. The lowest BCUT2D eigenvalue weighted by Gasteiger charge is -2.24. The lowest BCUT2D eigenvalue weighted by Crippen LogP contribution is -2.33. The fourth-order valence-corrected chi connectivity index (χ4v) is 5.40. The maximum atomic E-state index is 10.6. The molecule has 1 N–H and O–H groups in total. The average Bonchev–Trinajstić information content (AvgIpc) is 3.49. The molecule has 3 aliphatic rings. The number of unbranched alkanes of at least 4 members (excludes halogenated alkanes) is 9. The Bertz CT molecular complexity index is 423. The van der Waals surface area contributed by atoms with Crippen molar-refractivity contribution in [2.45, 2.75) is 153 Å². The first-order valence-corrected chi connectivity index (χ1v) is 12.9. The minimum atomic E-state index is -0.301. The molecule has 0 aromatic rings. The quantitative estimate of drug-likeness (QED) is 0.360. The SMILES string of the molecule is CCCCCCCCCCCC[C@@H](O)[C@H]1CC[C@H]([C@H]2CC[C@H]([C@H]3CCCO3)O2)O1. The van der Waals surface area contributed by atoms with Crippen molar-refractivity contribution in [1.29, 1.82) is 0 Å². The Labute approximate surface area is 179 Å². The molecule has 3 saturated heterocycles. The van der Waals surface area contributed by atoms with Crippen LogP contribution in [0.25, 0.3) is 0 Å². The molecule has 3 aliphatic heterocycles. The lowest BCUT2D eigenvalue weighted by molar-refractivity contribution is -0.111. The van der Waals surface area contributed by atoms with Crippen LogP contribution in [0.4, 0.5) is 0 Å². The zero-order valence-corrected chi connectivity index (χ0v) is 18.9. The third kappa shape index (κ3) is 7.79. The van der Waals surface area contributed by atoms with Crippen LogP contribution in [0.5, 0.6) is 0 Å². The fourth-order valence-electron chi connectivity index (χ4n) is 5.40. The highest BCUT2D eigenvalue weighted by atomic mass is 16.6. The Morgan fingerprint density at radius 1 is 0.690 bits per heavy atom. The van der Waals surface area contributed by atoms with Gasteiger partial charge in [0.25, 0.3) is 0 Å². The van der Waals surface area contributed by atoms with Crippen molar-refractivity contribution in [3.63, 3.8) is 0 Å². The van der Waals surface area contributed by atoms with Gasteiger partial charge >= 0.3 is 0 Å². The first-order chi connectivity index (χ1) is 14.3. The topological polar surface area (TPSA) is 47.9 Å². The monoisotopic (exact) mass is 410 g/mol. The summed E-state index contributed by atoms with van der Waals surface area (Å²) in [6.45, 7) is 3.16. The zero-order chi connectivity index (χ0) is 20.3. The summed E-state index contributed by atoms with van der Waals surface area (Å²) in [5, 5.41) is 10.6. The molecule has 3 fully saturated rings. The van der Waals surface area contributed by atoms with Crippen LogP contribution in [0.3, 0.4) is 0 Å². The molecule has 29 heavy (non-hydrogen) atoms. The molecule has 4 nitrogen and oxygen atoms in total. The molecule has 6 atom stereocenters. The van der Waals surface area contributed by atoms with Crippen LogP contribution in [-0.4, -0.2) is 48.3 Å². The molecule has 4 heteroatoms.